The Labute approximate surface area is 153 Å². The fourth-order valence-electron chi connectivity index (χ4n) is 2.91. The average molecular weight is 359 g/mol. The predicted octanol–water partition coefficient (Wildman–Crippen LogP) is 2.39. The molecular weight excluding hydrogens is 334 g/mol. The van der Waals surface area contributed by atoms with Crippen LogP contribution in [0.5, 0.6) is 0 Å². The molecule has 0 unspecified atom stereocenters. The van der Waals surface area contributed by atoms with E-state index in [9.17, 15) is 4.79 Å². The van der Waals surface area contributed by atoms with E-state index in [1.165, 1.54) is 21.1 Å². The highest BCUT2D eigenvalue weighted by Crippen LogP contribution is 2.19. The first kappa shape index (κ1) is 17.8. The van der Waals surface area contributed by atoms with Crippen LogP contribution in [0.15, 0.2) is 35.2 Å². The first-order chi connectivity index (χ1) is 12.0. The SMILES string of the molecule is CSc1ccc(CN2CCn3nc(CNC(=O)N(C)C)cc3C2)cc1. The molecule has 2 amide bonds. The molecule has 0 spiro atoms. The van der Waals surface area contributed by atoms with E-state index < -0.39 is 0 Å². The monoisotopic (exact) mass is 359 g/mol. The van der Waals surface area contributed by atoms with Crippen molar-refractivity contribution in [3.05, 3.63) is 47.3 Å². The van der Waals surface area contributed by atoms with Crippen LogP contribution in [0.4, 0.5) is 4.79 Å². The number of carbonyl (C=O) groups excluding carboxylic acids is 1. The van der Waals surface area contributed by atoms with Crippen molar-refractivity contribution in [2.45, 2.75) is 31.1 Å². The van der Waals surface area contributed by atoms with Gasteiger partial charge in [-0.3, -0.25) is 9.58 Å². The van der Waals surface area contributed by atoms with Gasteiger partial charge in [-0.1, -0.05) is 12.1 Å². The molecule has 1 N–H and O–H groups in total. The van der Waals surface area contributed by atoms with Gasteiger partial charge >= 0.3 is 6.03 Å². The zero-order chi connectivity index (χ0) is 17.8. The van der Waals surface area contributed by atoms with Gasteiger partial charge in [0, 0.05) is 38.6 Å². The minimum atomic E-state index is -0.0960. The highest BCUT2D eigenvalue weighted by atomic mass is 32.2. The second kappa shape index (κ2) is 7.93. The van der Waals surface area contributed by atoms with Gasteiger partial charge in [-0.15, -0.1) is 11.8 Å². The molecule has 0 saturated carbocycles. The number of thioether (sulfide) groups is 1. The molecule has 6 nitrogen and oxygen atoms in total. The Morgan fingerprint density at radius 3 is 2.72 bits per heavy atom. The number of urea groups is 1. The van der Waals surface area contributed by atoms with Gasteiger partial charge in [0.15, 0.2) is 0 Å². The first-order valence-corrected chi connectivity index (χ1v) is 9.63. The Kier molecular flexibility index (Phi) is 5.65. The van der Waals surface area contributed by atoms with Crippen molar-refractivity contribution < 1.29 is 4.79 Å². The molecule has 0 fully saturated rings. The summed E-state index contributed by atoms with van der Waals surface area (Å²) in [5.74, 6) is 0. The quantitative estimate of drug-likeness (QED) is 0.833. The van der Waals surface area contributed by atoms with Crippen LogP contribution in [-0.4, -0.2) is 52.5 Å². The van der Waals surface area contributed by atoms with Gasteiger partial charge in [0.2, 0.25) is 0 Å². The Balaban J connectivity index is 1.58. The topological polar surface area (TPSA) is 53.4 Å². The minimum Gasteiger partial charge on any atom is -0.332 e. The number of aromatic nitrogens is 2. The van der Waals surface area contributed by atoms with Gasteiger partial charge in [0.25, 0.3) is 0 Å². The average Bonchev–Trinajstić information content (AvgIpc) is 3.02. The number of hydrogen-bond acceptors (Lipinski definition) is 4. The molecule has 1 aliphatic heterocycles. The van der Waals surface area contributed by atoms with Crippen molar-refractivity contribution in [3.8, 4) is 0 Å². The summed E-state index contributed by atoms with van der Waals surface area (Å²) >= 11 is 1.77. The summed E-state index contributed by atoms with van der Waals surface area (Å²) in [4.78, 5) is 16.9. The fourth-order valence-corrected chi connectivity index (χ4v) is 3.32. The van der Waals surface area contributed by atoms with Crippen LogP contribution in [-0.2, 0) is 26.2 Å². The van der Waals surface area contributed by atoms with Crippen LogP contribution < -0.4 is 5.32 Å². The molecule has 3 rings (SSSR count). The summed E-state index contributed by atoms with van der Waals surface area (Å²) in [5, 5.41) is 7.47. The van der Waals surface area contributed by atoms with E-state index in [2.05, 4.69) is 56.6 Å². The number of nitrogens with zero attached hydrogens (tertiary/aromatic N) is 4. The van der Waals surface area contributed by atoms with Crippen LogP contribution in [0.2, 0.25) is 0 Å². The number of amides is 2. The molecule has 25 heavy (non-hydrogen) atoms. The number of benzene rings is 1. The minimum absolute atomic E-state index is 0.0960. The second-order valence-electron chi connectivity index (χ2n) is 6.46. The third-order valence-electron chi connectivity index (χ3n) is 4.32. The molecule has 1 aromatic carbocycles. The third kappa shape index (κ3) is 4.55. The normalized spacial score (nSPS) is 14.2. The summed E-state index contributed by atoms with van der Waals surface area (Å²) in [5.41, 5.74) is 3.46. The van der Waals surface area contributed by atoms with E-state index in [1.54, 1.807) is 25.9 Å². The molecule has 2 heterocycles. The molecule has 1 aliphatic rings. The number of hydrogen-bond donors (Lipinski definition) is 1. The molecule has 2 aromatic rings. The zero-order valence-corrected chi connectivity index (χ0v) is 15.8. The zero-order valence-electron chi connectivity index (χ0n) is 15.0. The van der Waals surface area contributed by atoms with E-state index in [0.29, 0.717) is 6.54 Å². The Morgan fingerprint density at radius 2 is 2.04 bits per heavy atom. The Bertz CT molecular complexity index is 726. The molecule has 0 atom stereocenters. The summed E-state index contributed by atoms with van der Waals surface area (Å²) in [6.45, 7) is 4.18. The summed E-state index contributed by atoms with van der Waals surface area (Å²) in [7, 11) is 3.47. The lowest BCUT2D eigenvalue weighted by Gasteiger charge is -2.27. The van der Waals surface area contributed by atoms with Gasteiger partial charge < -0.3 is 10.2 Å². The van der Waals surface area contributed by atoms with E-state index in [1.807, 2.05) is 0 Å². The van der Waals surface area contributed by atoms with Crippen LogP contribution in [0.3, 0.4) is 0 Å². The molecule has 0 bridgehead atoms. The van der Waals surface area contributed by atoms with E-state index in [-0.39, 0.29) is 6.03 Å². The van der Waals surface area contributed by atoms with Crippen LogP contribution in [0.1, 0.15) is 17.0 Å². The highest BCUT2D eigenvalue weighted by molar-refractivity contribution is 7.98. The molecule has 0 aliphatic carbocycles. The summed E-state index contributed by atoms with van der Waals surface area (Å²) in [6.07, 6.45) is 2.10. The van der Waals surface area contributed by atoms with Crippen molar-refractivity contribution in [2.75, 3.05) is 26.9 Å². The van der Waals surface area contributed by atoms with Crippen molar-refractivity contribution in [1.29, 1.82) is 0 Å². The molecule has 0 radical (unpaired) electrons. The third-order valence-corrected chi connectivity index (χ3v) is 5.06. The summed E-state index contributed by atoms with van der Waals surface area (Å²) < 4.78 is 2.06. The maximum Gasteiger partial charge on any atom is 0.317 e. The lowest BCUT2D eigenvalue weighted by Crippen LogP contribution is -2.34. The number of rotatable bonds is 5. The maximum absolute atomic E-state index is 11.6. The van der Waals surface area contributed by atoms with E-state index in [0.717, 1.165) is 31.9 Å². The molecule has 1 aromatic heterocycles. The standard InChI is InChI=1S/C18H25N5OS/c1-21(2)18(24)19-11-15-10-16-13-22(8-9-23(16)20-15)12-14-4-6-17(25-3)7-5-14/h4-7,10H,8-9,11-13H2,1-3H3,(H,19,24). The van der Waals surface area contributed by atoms with Gasteiger partial charge in [0.05, 0.1) is 24.5 Å². The largest absolute Gasteiger partial charge is 0.332 e. The summed E-state index contributed by atoms with van der Waals surface area (Å²) in [6, 6.07) is 10.8. The maximum atomic E-state index is 11.6. The van der Waals surface area contributed by atoms with Gasteiger partial charge in [0.1, 0.15) is 0 Å². The first-order valence-electron chi connectivity index (χ1n) is 8.41. The predicted molar refractivity (Wildman–Crippen MR) is 100 cm³/mol. The number of fused-ring (bicyclic) bond motifs is 1. The number of nitrogens with one attached hydrogen (secondary N) is 1. The molecule has 0 saturated heterocycles. The van der Waals surface area contributed by atoms with Gasteiger partial charge in [-0.05, 0) is 30.0 Å². The van der Waals surface area contributed by atoms with Crippen molar-refractivity contribution >= 4 is 17.8 Å². The lowest BCUT2D eigenvalue weighted by molar-refractivity contribution is 0.205. The molecular formula is C18H25N5OS. The van der Waals surface area contributed by atoms with Crippen molar-refractivity contribution in [3.63, 3.8) is 0 Å². The molecule has 7 heteroatoms. The number of carbonyl (C=O) groups is 1. The van der Waals surface area contributed by atoms with E-state index in [4.69, 9.17) is 0 Å². The van der Waals surface area contributed by atoms with Crippen molar-refractivity contribution in [2.24, 2.45) is 0 Å². The second-order valence-corrected chi connectivity index (χ2v) is 7.34. The smallest absolute Gasteiger partial charge is 0.317 e. The van der Waals surface area contributed by atoms with Crippen LogP contribution in [0.25, 0.3) is 0 Å². The Hall–Kier alpha value is -1.99. The highest BCUT2D eigenvalue weighted by Gasteiger charge is 2.18. The van der Waals surface area contributed by atoms with Crippen LogP contribution >= 0.6 is 11.8 Å². The van der Waals surface area contributed by atoms with Gasteiger partial charge in [-0.25, -0.2) is 4.79 Å². The molecule has 134 valence electrons. The Morgan fingerprint density at radius 1 is 1.28 bits per heavy atom. The van der Waals surface area contributed by atoms with Crippen LogP contribution in [0, 0.1) is 0 Å². The van der Waals surface area contributed by atoms with E-state index >= 15 is 0 Å². The van der Waals surface area contributed by atoms with Crippen molar-refractivity contribution in [1.82, 2.24) is 24.9 Å². The fraction of sp³-hybridized carbons (Fsp3) is 0.444. The lowest BCUT2D eigenvalue weighted by atomic mass is 10.2. The van der Waals surface area contributed by atoms with Gasteiger partial charge in [-0.2, -0.15) is 5.10 Å².